The molecule has 6 nitrogen and oxygen atoms in total. The number of furan rings is 1. The van der Waals surface area contributed by atoms with Gasteiger partial charge >= 0.3 is 0 Å². The molecule has 0 spiro atoms. The molecule has 6 heteroatoms. The number of aliphatic hydroxyl groups is 1. The van der Waals surface area contributed by atoms with E-state index in [1.54, 1.807) is 25.3 Å². The van der Waals surface area contributed by atoms with Gasteiger partial charge in [0.2, 0.25) is 0 Å². The van der Waals surface area contributed by atoms with Crippen LogP contribution in [0, 0.1) is 0 Å². The Balaban J connectivity index is 2.27. The maximum Gasteiger partial charge on any atom is 0.191 e. The molecule has 1 heterocycles. The highest BCUT2D eigenvalue weighted by Gasteiger charge is 2.25. The Labute approximate surface area is 152 Å². The fourth-order valence-electron chi connectivity index (χ4n) is 2.53. The number of hydrogen-bond acceptors (Lipinski definition) is 4. The van der Waals surface area contributed by atoms with Crippen LogP contribution >= 0.6 is 0 Å². The summed E-state index contributed by atoms with van der Waals surface area (Å²) in [6.45, 7) is 6.85. The van der Waals surface area contributed by atoms with Gasteiger partial charge in [-0.3, -0.25) is 0 Å². The third-order valence-corrected chi connectivity index (χ3v) is 4.02. The molecule has 1 rings (SSSR count). The van der Waals surface area contributed by atoms with E-state index in [1.165, 1.54) is 32.2 Å². The first-order chi connectivity index (χ1) is 12.0. The molecule has 25 heavy (non-hydrogen) atoms. The quantitative estimate of drug-likeness (QED) is 0.306. The Morgan fingerprint density at radius 1 is 1.20 bits per heavy atom. The molecule has 0 fully saturated rings. The molecule has 0 radical (unpaired) electrons. The van der Waals surface area contributed by atoms with E-state index in [0.29, 0.717) is 5.76 Å². The van der Waals surface area contributed by atoms with Crippen molar-refractivity contribution in [3.8, 4) is 0 Å². The minimum absolute atomic E-state index is 0.250. The second-order valence-corrected chi connectivity index (χ2v) is 6.94. The van der Waals surface area contributed by atoms with Crippen molar-refractivity contribution >= 4 is 5.96 Å². The smallest absolute Gasteiger partial charge is 0.191 e. The average Bonchev–Trinajstić information content (AvgIpc) is 3.10. The molecule has 0 aliphatic carbocycles. The second kappa shape index (κ2) is 11.9. The van der Waals surface area contributed by atoms with E-state index in [1.807, 2.05) is 6.92 Å². The zero-order valence-corrected chi connectivity index (χ0v) is 16.3. The molecular formula is C19H36N4O2. The first kappa shape index (κ1) is 21.5. The minimum Gasteiger partial charge on any atom is -0.466 e. The molecule has 0 aliphatic heterocycles. The van der Waals surface area contributed by atoms with E-state index >= 15 is 0 Å². The van der Waals surface area contributed by atoms with Crippen molar-refractivity contribution in [3.05, 3.63) is 24.2 Å². The SMILES string of the molecule is CCNC(=NCC(C)(O)c1ccco1)NCCCCCCCN(C)C. The van der Waals surface area contributed by atoms with E-state index in [2.05, 4.69) is 34.6 Å². The molecule has 1 atom stereocenters. The highest BCUT2D eigenvalue weighted by Crippen LogP contribution is 2.20. The molecule has 0 aromatic carbocycles. The predicted octanol–water partition coefficient (Wildman–Crippen LogP) is 2.55. The first-order valence-electron chi connectivity index (χ1n) is 9.39. The summed E-state index contributed by atoms with van der Waals surface area (Å²) < 4.78 is 5.29. The van der Waals surface area contributed by atoms with Gasteiger partial charge in [-0.05, 0) is 59.5 Å². The average molecular weight is 353 g/mol. The Hall–Kier alpha value is -1.53. The summed E-state index contributed by atoms with van der Waals surface area (Å²) in [6.07, 6.45) is 7.75. The zero-order chi connectivity index (χ0) is 18.5. The van der Waals surface area contributed by atoms with Gasteiger partial charge in [0.05, 0.1) is 12.8 Å². The number of guanidine groups is 1. The molecule has 3 N–H and O–H groups in total. The van der Waals surface area contributed by atoms with Crippen molar-refractivity contribution in [1.29, 1.82) is 0 Å². The van der Waals surface area contributed by atoms with Crippen LogP contribution in [0.25, 0.3) is 0 Å². The maximum atomic E-state index is 10.5. The van der Waals surface area contributed by atoms with Crippen molar-refractivity contribution in [2.75, 3.05) is 40.3 Å². The summed E-state index contributed by atoms with van der Waals surface area (Å²) in [5.41, 5.74) is -1.10. The van der Waals surface area contributed by atoms with Crippen LogP contribution < -0.4 is 10.6 Å². The van der Waals surface area contributed by atoms with Crippen LogP contribution in [0.5, 0.6) is 0 Å². The summed E-state index contributed by atoms with van der Waals surface area (Å²) in [7, 11) is 4.24. The zero-order valence-electron chi connectivity index (χ0n) is 16.3. The molecule has 1 unspecified atom stereocenters. The van der Waals surface area contributed by atoms with Crippen LogP contribution in [0.15, 0.2) is 27.8 Å². The topological polar surface area (TPSA) is 73.0 Å². The molecule has 0 aliphatic rings. The lowest BCUT2D eigenvalue weighted by atomic mass is 10.0. The highest BCUT2D eigenvalue weighted by atomic mass is 16.4. The summed E-state index contributed by atoms with van der Waals surface area (Å²) in [6, 6.07) is 3.54. The Morgan fingerprint density at radius 3 is 2.56 bits per heavy atom. The van der Waals surface area contributed by atoms with Crippen molar-refractivity contribution < 1.29 is 9.52 Å². The third kappa shape index (κ3) is 9.51. The van der Waals surface area contributed by atoms with Crippen LogP contribution in [-0.2, 0) is 5.60 Å². The molecule has 0 bridgehead atoms. The van der Waals surface area contributed by atoms with Crippen LogP contribution in [0.4, 0.5) is 0 Å². The lowest BCUT2D eigenvalue weighted by Crippen LogP contribution is -2.39. The van der Waals surface area contributed by atoms with Gasteiger partial charge in [-0.15, -0.1) is 0 Å². The molecule has 0 saturated heterocycles. The van der Waals surface area contributed by atoms with E-state index in [9.17, 15) is 5.11 Å². The third-order valence-electron chi connectivity index (χ3n) is 4.02. The Morgan fingerprint density at radius 2 is 1.92 bits per heavy atom. The van der Waals surface area contributed by atoms with Gasteiger partial charge in [0, 0.05) is 13.1 Å². The minimum atomic E-state index is -1.10. The normalized spacial score (nSPS) is 14.6. The van der Waals surface area contributed by atoms with Crippen molar-refractivity contribution in [1.82, 2.24) is 15.5 Å². The van der Waals surface area contributed by atoms with E-state index in [-0.39, 0.29) is 6.54 Å². The first-order valence-corrected chi connectivity index (χ1v) is 9.39. The van der Waals surface area contributed by atoms with Crippen LogP contribution in [0.1, 0.15) is 51.7 Å². The molecule has 0 saturated carbocycles. The van der Waals surface area contributed by atoms with Gasteiger partial charge in [-0.2, -0.15) is 0 Å². The van der Waals surface area contributed by atoms with Gasteiger partial charge < -0.3 is 25.1 Å². The Kier molecular flexibility index (Phi) is 10.3. The highest BCUT2D eigenvalue weighted by molar-refractivity contribution is 5.79. The fraction of sp³-hybridized carbons (Fsp3) is 0.737. The predicted molar refractivity (Wildman–Crippen MR) is 104 cm³/mol. The van der Waals surface area contributed by atoms with Gasteiger partial charge in [-0.1, -0.05) is 19.3 Å². The summed E-state index contributed by atoms with van der Waals surface area (Å²) in [5, 5.41) is 17.0. The standard InChI is InChI=1S/C19H36N4O2/c1-5-20-18(21-13-9-7-6-8-10-14-23(3)4)22-16-19(2,24)17-12-11-15-25-17/h11-12,15,24H,5-10,13-14,16H2,1-4H3,(H2,20,21,22). The molecule has 1 aromatic heterocycles. The van der Waals surface area contributed by atoms with E-state index in [0.717, 1.165) is 25.5 Å². The lowest BCUT2D eigenvalue weighted by molar-refractivity contribution is 0.0437. The number of unbranched alkanes of at least 4 members (excludes halogenated alkanes) is 4. The van der Waals surface area contributed by atoms with E-state index < -0.39 is 5.60 Å². The molecular weight excluding hydrogens is 316 g/mol. The number of aliphatic imine (C=N–C) groups is 1. The maximum absolute atomic E-state index is 10.5. The largest absolute Gasteiger partial charge is 0.466 e. The van der Waals surface area contributed by atoms with Gasteiger partial charge in [-0.25, -0.2) is 4.99 Å². The fourth-order valence-corrected chi connectivity index (χ4v) is 2.53. The van der Waals surface area contributed by atoms with Gasteiger partial charge in [0.25, 0.3) is 0 Å². The summed E-state index contributed by atoms with van der Waals surface area (Å²) >= 11 is 0. The molecule has 144 valence electrons. The number of nitrogens with zero attached hydrogens (tertiary/aromatic N) is 2. The summed E-state index contributed by atoms with van der Waals surface area (Å²) in [4.78, 5) is 6.72. The number of hydrogen-bond donors (Lipinski definition) is 3. The van der Waals surface area contributed by atoms with Crippen molar-refractivity contribution in [2.24, 2.45) is 4.99 Å². The van der Waals surface area contributed by atoms with Crippen molar-refractivity contribution in [3.63, 3.8) is 0 Å². The van der Waals surface area contributed by atoms with Gasteiger partial charge in [0.1, 0.15) is 11.4 Å². The molecule has 0 amide bonds. The monoisotopic (exact) mass is 352 g/mol. The number of nitrogens with one attached hydrogen (secondary N) is 2. The van der Waals surface area contributed by atoms with Crippen LogP contribution in [0.3, 0.4) is 0 Å². The van der Waals surface area contributed by atoms with Crippen LogP contribution in [0.2, 0.25) is 0 Å². The van der Waals surface area contributed by atoms with Gasteiger partial charge in [0.15, 0.2) is 5.96 Å². The van der Waals surface area contributed by atoms with Crippen molar-refractivity contribution in [2.45, 2.75) is 51.6 Å². The summed E-state index contributed by atoms with van der Waals surface area (Å²) in [5.74, 6) is 1.27. The second-order valence-electron chi connectivity index (χ2n) is 6.94. The Bertz CT molecular complexity index is 470. The number of rotatable bonds is 12. The van der Waals surface area contributed by atoms with E-state index in [4.69, 9.17) is 4.42 Å². The van der Waals surface area contributed by atoms with Crippen LogP contribution in [-0.4, -0.2) is 56.2 Å². The lowest BCUT2D eigenvalue weighted by Gasteiger charge is -2.19. The molecule has 1 aromatic rings.